The van der Waals surface area contributed by atoms with E-state index in [0.717, 1.165) is 7.11 Å². The normalized spacial score (nSPS) is 7.87. The molecule has 15 heavy (non-hydrogen) atoms. The van der Waals surface area contributed by atoms with Gasteiger partial charge in [-0.1, -0.05) is 31.2 Å². The quantitative estimate of drug-likeness (QED) is 0.774. The SMILES string of the molecule is CCC(C)=O.CO.Cc1ccccc1C. The molecule has 0 aromatic heterocycles. The Morgan fingerprint density at radius 2 is 1.40 bits per heavy atom. The summed E-state index contributed by atoms with van der Waals surface area (Å²) in [6, 6.07) is 8.36. The van der Waals surface area contributed by atoms with Crippen molar-refractivity contribution >= 4 is 5.78 Å². The molecule has 1 rings (SSSR count). The second kappa shape index (κ2) is 10.9. The number of aliphatic hydroxyl groups is 1. The lowest BCUT2D eigenvalue weighted by Gasteiger charge is -1.93. The lowest BCUT2D eigenvalue weighted by molar-refractivity contribution is -0.116. The first-order chi connectivity index (χ1) is 7.07. The molecule has 2 heteroatoms. The minimum absolute atomic E-state index is 0.255. The number of carbonyl (C=O) groups excluding carboxylic acids is 1. The van der Waals surface area contributed by atoms with Crippen LogP contribution in [0.15, 0.2) is 24.3 Å². The highest BCUT2D eigenvalue weighted by atomic mass is 16.2. The summed E-state index contributed by atoms with van der Waals surface area (Å²) in [5, 5.41) is 7.00. The van der Waals surface area contributed by atoms with Crippen LogP contribution in [-0.4, -0.2) is 18.0 Å². The van der Waals surface area contributed by atoms with Crippen molar-refractivity contribution in [2.24, 2.45) is 0 Å². The second-order valence-electron chi connectivity index (χ2n) is 3.14. The molecular weight excluding hydrogens is 188 g/mol. The highest BCUT2D eigenvalue weighted by Gasteiger charge is 1.83. The van der Waals surface area contributed by atoms with Crippen LogP contribution in [0, 0.1) is 13.8 Å². The first-order valence-electron chi connectivity index (χ1n) is 5.04. The molecule has 0 amide bonds. The third-order valence-corrected chi connectivity index (χ3v) is 1.92. The first kappa shape index (κ1) is 16.3. The van der Waals surface area contributed by atoms with E-state index in [1.807, 2.05) is 6.92 Å². The molecule has 0 aliphatic heterocycles. The number of ketones is 1. The number of aliphatic hydroxyl groups excluding tert-OH is 1. The van der Waals surface area contributed by atoms with E-state index in [2.05, 4.69) is 38.1 Å². The minimum Gasteiger partial charge on any atom is -0.400 e. The van der Waals surface area contributed by atoms with E-state index in [-0.39, 0.29) is 5.78 Å². The fourth-order valence-corrected chi connectivity index (χ4v) is 0.663. The zero-order chi connectivity index (χ0) is 12.3. The molecule has 0 saturated heterocycles. The van der Waals surface area contributed by atoms with Crippen LogP contribution in [0.5, 0.6) is 0 Å². The Morgan fingerprint density at radius 3 is 1.53 bits per heavy atom. The molecule has 2 nitrogen and oxygen atoms in total. The summed E-state index contributed by atoms with van der Waals surface area (Å²) in [6.45, 7) is 7.67. The summed E-state index contributed by atoms with van der Waals surface area (Å²) in [5.74, 6) is 0.255. The summed E-state index contributed by atoms with van der Waals surface area (Å²) in [7, 11) is 1.00. The molecule has 0 radical (unpaired) electrons. The van der Waals surface area contributed by atoms with Gasteiger partial charge in [0.1, 0.15) is 5.78 Å². The van der Waals surface area contributed by atoms with Crippen molar-refractivity contribution in [2.75, 3.05) is 7.11 Å². The Bertz CT molecular complexity index is 246. The molecule has 0 atom stereocenters. The van der Waals surface area contributed by atoms with Crippen LogP contribution < -0.4 is 0 Å². The molecule has 0 unspecified atom stereocenters. The molecule has 0 aliphatic carbocycles. The zero-order valence-corrected chi connectivity index (χ0v) is 10.4. The van der Waals surface area contributed by atoms with Crippen molar-refractivity contribution in [3.05, 3.63) is 35.4 Å². The highest BCUT2D eigenvalue weighted by Crippen LogP contribution is 2.02. The van der Waals surface area contributed by atoms with Crippen molar-refractivity contribution in [1.29, 1.82) is 0 Å². The van der Waals surface area contributed by atoms with Crippen molar-refractivity contribution in [3.63, 3.8) is 0 Å². The average Bonchev–Trinajstić information content (AvgIpc) is 2.26. The van der Waals surface area contributed by atoms with Gasteiger partial charge in [-0.3, -0.25) is 0 Å². The predicted molar refractivity (Wildman–Crippen MR) is 65.0 cm³/mol. The molecular formula is C13H22O2. The van der Waals surface area contributed by atoms with Crippen LogP contribution in [0.4, 0.5) is 0 Å². The molecule has 0 heterocycles. The molecule has 0 bridgehead atoms. The summed E-state index contributed by atoms with van der Waals surface area (Å²) >= 11 is 0. The summed E-state index contributed by atoms with van der Waals surface area (Å²) < 4.78 is 0. The Kier molecular flexibility index (Phi) is 11.9. The summed E-state index contributed by atoms with van der Waals surface area (Å²) in [4.78, 5) is 9.81. The number of Topliss-reactive ketones (excluding diaryl/α,β-unsaturated/α-hetero) is 1. The van der Waals surface area contributed by atoms with Crippen LogP contribution in [0.25, 0.3) is 0 Å². The first-order valence-corrected chi connectivity index (χ1v) is 5.04. The van der Waals surface area contributed by atoms with Crippen LogP contribution in [0.2, 0.25) is 0 Å². The fourth-order valence-electron chi connectivity index (χ4n) is 0.663. The van der Waals surface area contributed by atoms with Gasteiger partial charge in [0.25, 0.3) is 0 Å². The maximum Gasteiger partial charge on any atom is 0.129 e. The lowest BCUT2D eigenvalue weighted by atomic mass is 10.1. The Hall–Kier alpha value is -1.15. The van der Waals surface area contributed by atoms with Gasteiger partial charge >= 0.3 is 0 Å². The van der Waals surface area contributed by atoms with Crippen molar-refractivity contribution < 1.29 is 9.90 Å². The molecule has 0 aliphatic rings. The smallest absolute Gasteiger partial charge is 0.129 e. The number of aryl methyl sites for hydroxylation is 2. The molecule has 0 saturated carbocycles. The maximum atomic E-state index is 9.81. The van der Waals surface area contributed by atoms with E-state index >= 15 is 0 Å². The monoisotopic (exact) mass is 210 g/mol. The molecule has 1 aromatic rings. The van der Waals surface area contributed by atoms with Crippen molar-refractivity contribution in [1.82, 2.24) is 0 Å². The number of benzene rings is 1. The van der Waals surface area contributed by atoms with E-state index in [0.29, 0.717) is 6.42 Å². The van der Waals surface area contributed by atoms with E-state index < -0.39 is 0 Å². The molecule has 0 spiro atoms. The van der Waals surface area contributed by atoms with Crippen molar-refractivity contribution in [3.8, 4) is 0 Å². The average molecular weight is 210 g/mol. The predicted octanol–water partition coefficient (Wildman–Crippen LogP) is 2.90. The van der Waals surface area contributed by atoms with Gasteiger partial charge in [-0.2, -0.15) is 0 Å². The van der Waals surface area contributed by atoms with Gasteiger partial charge in [-0.25, -0.2) is 0 Å². The molecule has 0 fully saturated rings. The fraction of sp³-hybridized carbons (Fsp3) is 0.462. The zero-order valence-electron chi connectivity index (χ0n) is 10.4. The molecule has 1 N–H and O–H groups in total. The molecule has 1 aromatic carbocycles. The van der Waals surface area contributed by atoms with Crippen LogP contribution in [0.1, 0.15) is 31.4 Å². The number of hydrogen-bond donors (Lipinski definition) is 1. The number of hydrogen-bond acceptors (Lipinski definition) is 2. The lowest BCUT2D eigenvalue weighted by Crippen LogP contribution is -1.80. The highest BCUT2D eigenvalue weighted by molar-refractivity contribution is 5.74. The Morgan fingerprint density at radius 1 is 1.13 bits per heavy atom. The standard InChI is InChI=1S/C8H10.C4H8O.CH4O/c1-7-5-3-4-6-8(7)2;1-3-4(2)5;1-2/h3-6H,1-2H3;3H2,1-2H3;2H,1H3. The van der Waals surface area contributed by atoms with Gasteiger partial charge in [0.15, 0.2) is 0 Å². The van der Waals surface area contributed by atoms with E-state index in [4.69, 9.17) is 5.11 Å². The number of rotatable bonds is 1. The van der Waals surface area contributed by atoms with Gasteiger partial charge < -0.3 is 9.90 Å². The van der Waals surface area contributed by atoms with Gasteiger partial charge in [-0.15, -0.1) is 0 Å². The Balaban J connectivity index is 0. The minimum atomic E-state index is 0.255. The summed E-state index contributed by atoms with van der Waals surface area (Å²) in [5.41, 5.74) is 2.74. The van der Waals surface area contributed by atoms with Gasteiger partial charge in [0, 0.05) is 13.5 Å². The second-order valence-corrected chi connectivity index (χ2v) is 3.14. The largest absolute Gasteiger partial charge is 0.400 e. The Labute approximate surface area is 93.0 Å². The van der Waals surface area contributed by atoms with Crippen LogP contribution >= 0.6 is 0 Å². The third kappa shape index (κ3) is 10.8. The maximum absolute atomic E-state index is 9.81. The third-order valence-electron chi connectivity index (χ3n) is 1.92. The van der Waals surface area contributed by atoms with Crippen LogP contribution in [-0.2, 0) is 4.79 Å². The molecule has 86 valence electrons. The van der Waals surface area contributed by atoms with Crippen LogP contribution in [0.3, 0.4) is 0 Å². The van der Waals surface area contributed by atoms with Crippen molar-refractivity contribution in [2.45, 2.75) is 34.1 Å². The topological polar surface area (TPSA) is 37.3 Å². The van der Waals surface area contributed by atoms with E-state index in [1.165, 1.54) is 11.1 Å². The van der Waals surface area contributed by atoms with Gasteiger partial charge in [0.05, 0.1) is 0 Å². The summed E-state index contributed by atoms with van der Waals surface area (Å²) in [6.07, 6.45) is 0.667. The van der Waals surface area contributed by atoms with Gasteiger partial charge in [0.2, 0.25) is 0 Å². The van der Waals surface area contributed by atoms with E-state index in [1.54, 1.807) is 6.92 Å². The van der Waals surface area contributed by atoms with Gasteiger partial charge in [-0.05, 0) is 31.9 Å². The van der Waals surface area contributed by atoms with E-state index in [9.17, 15) is 4.79 Å². The number of carbonyl (C=O) groups is 1.